The van der Waals surface area contributed by atoms with Gasteiger partial charge >= 0.3 is 0 Å². The van der Waals surface area contributed by atoms with Gasteiger partial charge in [-0.05, 0) is 62.3 Å². The lowest BCUT2D eigenvalue weighted by molar-refractivity contribution is -0.117. The number of hydrogen-bond acceptors (Lipinski definition) is 7. The molecule has 1 saturated heterocycles. The smallest absolute Gasteiger partial charge is 0.224 e. The Morgan fingerprint density at radius 2 is 1.80 bits per heavy atom. The number of nitrogens with zero attached hydrogens (tertiary/aromatic N) is 6. The number of aromatic nitrogens is 7. The van der Waals surface area contributed by atoms with Gasteiger partial charge < -0.3 is 15.2 Å². The summed E-state index contributed by atoms with van der Waals surface area (Å²) in [5, 5.41) is 10.7. The fourth-order valence-corrected chi connectivity index (χ4v) is 6.11. The van der Waals surface area contributed by atoms with Gasteiger partial charge in [0.15, 0.2) is 17.3 Å². The van der Waals surface area contributed by atoms with Crippen molar-refractivity contribution < 1.29 is 4.79 Å². The van der Waals surface area contributed by atoms with Gasteiger partial charge in [0.05, 0.1) is 28.6 Å². The number of aromatic amines is 2. The zero-order valence-electron chi connectivity index (χ0n) is 22.5. The summed E-state index contributed by atoms with van der Waals surface area (Å²) in [7, 11) is 0. The Bertz CT molecular complexity index is 1660. The predicted molar refractivity (Wildman–Crippen MR) is 156 cm³/mol. The average molecular weight is 536 g/mol. The monoisotopic (exact) mass is 535 g/mol. The highest BCUT2D eigenvalue weighted by atomic mass is 16.1. The molecule has 7 rings (SSSR count). The van der Waals surface area contributed by atoms with Crippen molar-refractivity contribution >= 4 is 39.5 Å². The Hall–Kier alpha value is -4.34. The maximum Gasteiger partial charge on any atom is 0.224 e. The van der Waals surface area contributed by atoms with E-state index in [1.54, 1.807) is 12.4 Å². The maximum absolute atomic E-state index is 12.7. The van der Waals surface area contributed by atoms with Crippen LogP contribution < -0.4 is 10.2 Å². The van der Waals surface area contributed by atoms with E-state index in [0.717, 1.165) is 65.1 Å². The fraction of sp³-hybridized carbons (Fsp3) is 0.400. The molecule has 0 bridgehead atoms. The second kappa shape index (κ2) is 10.7. The molecule has 6 heterocycles. The molecular weight excluding hydrogens is 502 g/mol. The predicted octanol–water partition coefficient (Wildman–Crippen LogP) is 5.86. The van der Waals surface area contributed by atoms with Crippen LogP contribution in [0.3, 0.4) is 0 Å². The summed E-state index contributed by atoms with van der Waals surface area (Å²) in [5.41, 5.74) is 6.23. The first-order chi connectivity index (χ1) is 19.7. The Morgan fingerprint density at radius 3 is 2.67 bits per heavy atom. The van der Waals surface area contributed by atoms with Crippen LogP contribution in [-0.4, -0.2) is 54.1 Å². The van der Waals surface area contributed by atoms with E-state index in [-0.39, 0.29) is 5.91 Å². The lowest BCUT2D eigenvalue weighted by atomic mass is 9.87. The Balaban J connectivity index is 1.17. The minimum Gasteiger partial charge on any atom is -0.355 e. The average Bonchev–Trinajstić information content (AvgIpc) is 3.62. The lowest BCUT2D eigenvalue weighted by Crippen LogP contribution is -2.30. The van der Waals surface area contributed by atoms with Crippen molar-refractivity contribution in [3.8, 4) is 22.8 Å². The minimum absolute atomic E-state index is 0.0506. The number of fused-ring (bicyclic) bond motifs is 2. The number of piperidine rings is 1. The number of nitrogens with one attached hydrogen (secondary N) is 3. The van der Waals surface area contributed by atoms with Crippen LogP contribution in [0.25, 0.3) is 44.8 Å². The summed E-state index contributed by atoms with van der Waals surface area (Å²) >= 11 is 0. The van der Waals surface area contributed by atoms with Crippen molar-refractivity contribution in [1.82, 2.24) is 35.1 Å². The number of H-pyrrole nitrogens is 2. The van der Waals surface area contributed by atoms with E-state index in [9.17, 15) is 4.79 Å². The number of carbonyl (C=O) groups excluding carboxylic acids is 1. The molecule has 204 valence electrons. The van der Waals surface area contributed by atoms with Crippen molar-refractivity contribution in [1.29, 1.82) is 0 Å². The van der Waals surface area contributed by atoms with Crippen LogP contribution in [0, 0.1) is 5.92 Å². The third kappa shape index (κ3) is 4.89. The highest BCUT2D eigenvalue weighted by Gasteiger charge is 2.21. The first-order valence-electron chi connectivity index (χ1n) is 14.4. The lowest BCUT2D eigenvalue weighted by Gasteiger charge is -2.27. The molecule has 0 unspecified atom stereocenters. The molecule has 0 spiro atoms. The molecule has 1 amide bonds. The van der Waals surface area contributed by atoms with Gasteiger partial charge in [0.1, 0.15) is 11.0 Å². The second-order valence-electron chi connectivity index (χ2n) is 11.0. The van der Waals surface area contributed by atoms with E-state index in [1.807, 2.05) is 30.5 Å². The Kier molecular flexibility index (Phi) is 6.59. The topological polar surface area (TPSA) is 128 Å². The van der Waals surface area contributed by atoms with Crippen molar-refractivity contribution in [2.45, 2.75) is 57.8 Å². The molecule has 40 heavy (non-hydrogen) atoms. The van der Waals surface area contributed by atoms with E-state index >= 15 is 0 Å². The third-order valence-corrected chi connectivity index (χ3v) is 8.19. The summed E-state index contributed by atoms with van der Waals surface area (Å²) in [6.07, 6.45) is 15.5. The first-order valence-corrected chi connectivity index (χ1v) is 14.4. The normalized spacial score (nSPS) is 16.6. The number of anilines is 2. The van der Waals surface area contributed by atoms with Crippen molar-refractivity contribution in [3.63, 3.8) is 0 Å². The molecule has 1 saturated carbocycles. The Morgan fingerprint density at radius 1 is 0.950 bits per heavy atom. The van der Waals surface area contributed by atoms with Gasteiger partial charge in [-0.2, -0.15) is 5.10 Å². The molecule has 3 N–H and O–H groups in total. The van der Waals surface area contributed by atoms with Gasteiger partial charge in [0.25, 0.3) is 0 Å². The van der Waals surface area contributed by atoms with E-state index in [2.05, 4.69) is 35.4 Å². The molecule has 5 aromatic rings. The summed E-state index contributed by atoms with van der Waals surface area (Å²) < 4.78 is 0. The van der Waals surface area contributed by atoms with E-state index in [4.69, 9.17) is 9.97 Å². The van der Waals surface area contributed by atoms with Crippen LogP contribution in [0.15, 0.2) is 42.9 Å². The number of rotatable bonds is 6. The fourth-order valence-electron chi connectivity index (χ4n) is 6.11. The summed E-state index contributed by atoms with van der Waals surface area (Å²) in [6, 6.07) is 7.78. The van der Waals surface area contributed by atoms with Gasteiger partial charge in [0.2, 0.25) is 5.91 Å². The van der Waals surface area contributed by atoms with Crippen molar-refractivity contribution in [2.75, 3.05) is 23.3 Å². The Labute approximate surface area is 232 Å². The molecule has 10 nitrogen and oxygen atoms in total. The van der Waals surface area contributed by atoms with Crippen LogP contribution in [0.5, 0.6) is 0 Å². The van der Waals surface area contributed by atoms with Crippen molar-refractivity contribution in [3.05, 3.63) is 42.9 Å². The van der Waals surface area contributed by atoms with Gasteiger partial charge in [-0.15, -0.1) is 0 Å². The van der Waals surface area contributed by atoms with Crippen LogP contribution >= 0.6 is 0 Å². The summed E-state index contributed by atoms with van der Waals surface area (Å²) in [4.78, 5) is 37.4. The highest BCUT2D eigenvalue weighted by Crippen LogP contribution is 2.31. The molecule has 0 radical (unpaired) electrons. The molecule has 0 atom stereocenters. The molecule has 0 aromatic carbocycles. The van der Waals surface area contributed by atoms with Crippen LogP contribution in [-0.2, 0) is 4.79 Å². The van der Waals surface area contributed by atoms with E-state index in [0.29, 0.717) is 29.5 Å². The third-order valence-electron chi connectivity index (χ3n) is 8.19. The molecule has 5 aromatic heterocycles. The highest BCUT2D eigenvalue weighted by molar-refractivity contribution is 5.94. The number of pyridine rings is 3. The molecule has 1 aliphatic carbocycles. The molecule has 2 fully saturated rings. The van der Waals surface area contributed by atoms with Crippen LogP contribution in [0.2, 0.25) is 0 Å². The van der Waals surface area contributed by atoms with Crippen LogP contribution in [0.4, 0.5) is 11.5 Å². The van der Waals surface area contributed by atoms with Gasteiger partial charge in [-0.1, -0.05) is 19.3 Å². The minimum atomic E-state index is 0.0506. The second-order valence-corrected chi connectivity index (χ2v) is 11.0. The van der Waals surface area contributed by atoms with Gasteiger partial charge in [-0.25, -0.2) is 15.0 Å². The SMILES string of the molecule is O=C(CC1CCCCC1)Nc1cncc(-c2ccc3[nH]nc(-c4nc5c(N6CCCCC6)nccc5[nH]4)c3n2)c1. The van der Waals surface area contributed by atoms with Gasteiger partial charge in [-0.3, -0.25) is 14.9 Å². The van der Waals surface area contributed by atoms with Crippen molar-refractivity contribution in [2.24, 2.45) is 5.92 Å². The molecular formula is C30H33N9O. The molecule has 10 heteroatoms. The maximum atomic E-state index is 12.7. The zero-order valence-corrected chi connectivity index (χ0v) is 22.5. The van der Waals surface area contributed by atoms with Gasteiger partial charge in [0, 0.05) is 37.5 Å². The quantitative estimate of drug-likeness (QED) is 0.248. The number of hydrogen-bond donors (Lipinski definition) is 3. The van der Waals surface area contributed by atoms with E-state index in [1.165, 1.54) is 38.5 Å². The van der Waals surface area contributed by atoms with E-state index < -0.39 is 0 Å². The summed E-state index contributed by atoms with van der Waals surface area (Å²) in [5.74, 6) is 2.11. The largest absolute Gasteiger partial charge is 0.355 e. The standard InChI is InChI=1S/C30H33N9O/c40-25(15-19-7-3-1-4-8-19)33-21-16-20(17-31-18-21)22-9-10-24-26(34-22)28(38-37-24)29-35-23-11-12-32-30(27(23)36-29)39-13-5-2-6-14-39/h9-12,16-19H,1-8,13-15H2,(H,33,40)(H,35,36)(H,37,38). The first kappa shape index (κ1) is 24.7. The molecule has 2 aliphatic rings. The van der Waals surface area contributed by atoms with Crippen LogP contribution in [0.1, 0.15) is 57.8 Å². The number of amides is 1. The number of carbonyl (C=O) groups is 1. The molecule has 1 aliphatic heterocycles. The summed E-state index contributed by atoms with van der Waals surface area (Å²) in [6.45, 7) is 2.00. The zero-order chi connectivity index (χ0) is 26.9. The number of imidazole rings is 1.